The molecule has 1 nitrogen and oxygen atoms in total. The molecule has 5 aromatic rings. The van der Waals surface area contributed by atoms with Crippen LogP contribution in [0.3, 0.4) is 0 Å². The van der Waals surface area contributed by atoms with Crippen LogP contribution in [-0.4, -0.2) is 13.2 Å². The number of hydrogen-bond donors (Lipinski definition) is 0. The van der Waals surface area contributed by atoms with Crippen LogP contribution in [0.2, 0.25) is 0 Å². The molecule has 0 atom stereocenters. The normalized spacial score (nSPS) is 16.0. The first kappa shape index (κ1) is 35.1. The summed E-state index contributed by atoms with van der Waals surface area (Å²) < 4.78 is 9.86. The van der Waals surface area contributed by atoms with Gasteiger partial charge in [-0.25, -0.2) is 0 Å². The molecule has 0 amide bonds. The minimum atomic E-state index is -2.37. The van der Waals surface area contributed by atoms with Gasteiger partial charge in [-0.05, 0) is 19.1 Å². The molecule has 1 saturated heterocycles. The summed E-state index contributed by atoms with van der Waals surface area (Å²) in [5.74, 6) is 0. The van der Waals surface area contributed by atoms with Crippen molar-refractivity contribution in [2.45, 2.75) is 20.3 Å². The van der Waals surface area contributed by atoms with Crippen LogP contribution < -0.4 is 15.9 Å². The predicted molar refractivity (Wildman–Crippen MR) is 215 cm³/mol. The maximum atomic E-state index is 6.02. The zero-order valence-electron chi connectivity index (χ0n) is 27.7. The van der Waals surface area contributed by atoms with E-state index in [9.17, 15) is 0 Å². The second-order valence-electron chi connectivity index (χ2n) is 11.5. The van der Waals surface area contributed by atoms with Gasteiger partial charge in [0, 0.05) is 4.88 Å². The molecule has 0 aliphatic carbocycles. The van der Waals surface area contributed by atoms with Gasteiger partial charge in [0.05, 0.1) is 0 Å². The van der Waals surface area contributed by atoms with E-state index in [0.717, 1.165) is 6.42 Å². The van der Waals surface area contributed by atoms with Gasteiger partial charge >= 0.3 is 282 Å². The van der Waals surface area contributed by atoms with Gasteiger partial charge in [0.1, 0.15) is 0 Å². The number of hydrogen-bond acceptors (Lipinski definition) is 3. The molecule has 0 spiro atoms. The van der Waals surface area contributed by atoms with Crippen molar-refractivity contribution in [2.75, 3.05) is 13.2 Å². The average molecular weight is 869 g/mol. The Kier molecular flexibility index (Phi) is 12.4. The van der Waals surface area contributed by atoms with Gasteiger partial charge in [-0.1, -0.05) is 6.08 Å². The van der Waals surface area contributed by atoms with Gasteiger partial charge in [-0.2, -0.15) is 0 Å². The molecule has 1 aliphatic heterocycles. The van der Waals surface area contributed by atoms with E-state index in [1.807, 2.05) is 17.9 Å². The summed E-state index contributed by atoms with van der Waals surface area (Å²) in [5.41, 5.74) is 3.69. The third-order valence-electron chi connectivity index (χ3n) is 8.30. The Bertz CT molecular complexity index is 1990. The molecular formula is C44H39OOsPS2+. The second-order valence-corrected chi connectivity index (χ2v) is 17.8. The standard InChI is InChI=1S/C44H39OPS2.Os/c1-4-15-36-32-45-33-37(36)31-35(23-24-42-27-28-44(48-42)30-29-43-26-25-41(47-43)16-5-2)34(3)46(38-17-9-6-10-18-38,39-19-11-7-12-20-39)40-21-13-8-14-22-40;/h5-31H,4,32-33H2,1-2H3;/q+1;/b16-5+,24-23+,30-29+,35-34?,36-15?,37-31?;. The molecule has 0 saturated carbocycles. The quantitative estimate of drug-likeness (QED) is 0.0949. The van der Waals surface area contributed by atoms with Gasteiger partial charge in [0.2, 0.25) is 0 Å². The van der Waals surface area contributed by atoms with Crippen molar-refractivity contribution in [3.8, 4) is 4.37 Å². The third-order valence-corrected chi connectivity index (χ3v) is 15.7. The summed E-state index contributed by atoms with van der Waals surface area (Å²) in [4.78, 5) is 4.98. The van der Waals surface area contributed by atoms with E-state index in [-0.39, 0.29) is 0 Å². The SMILES string of the molecule is C/C=C/c1ccc(/C=C/c2ccc(/C=C/C(C=C3COCC3=CCC)=C([C]#[Os])[P+](c3ccccc3)(c3ccccc3)c3ccccc3)s2)s1. The van der Waals surface area contributed by atoms with E-state index in [1.165, 1.54) is 57.5 Å². The summed E-state index contributed by atoms with van der Waals surface area (Å²) >= 11 is 5.44. The number of rotatable bonds is 11. The minimum absolute atomic E-state index is 0.613. The molecule has 6 rings (SSSR count). The van der Waals surface area contributed by atoms with Crippen LogP contribution in [0.5, 0.6) is 0 Å². The molecule has 0 bridgehead atoms. The molecule has 0 radical (unpaired) electrons. The molecule has 3 aromatic carbocycles. The number of thiophene rings is 2. The van der Waals surface area contributed by atoms with Crippen molar-refractivity contribution < 1.29 is 22.7 Å². The topological polar surface area (TPSA) is 9.23 Å². The van der Waals surface area contributed by atoms with Gasteiger partial charge < -0.3 is 0 Å². The van der Waals surface area contributed by atoms with E-state index in [4.69, 9.17) is 4.74 Å². The first-order valence-corrected chi connectivity index (χ1v) is 21.2. The Balaban J connectivity index is 1.53. The zero-order chi connectivity index (χ0) is 33.9. The van der Waals surface area contributed by atoms with E-state index in [0.29, 0.717) is 13.2 Å². The fourth-order valence-corrected chi connectivity index (χ4v) is 13.6. The van der Waals surface area contributed by atoms with Gasteiger partial charge in [0.15, 0.2) is 0 Å². The summed E-state index contributed by atoms with van der Waals surface area (Å²) in [5, 5.41) is 5.17. The van der Waals surface area contributed by atoms with Crippen LogP contribution in [0.25, 0.3) is 24.3 Å². The van der Waals surface area contributed by atoms with Crippen molar-refractivity contribution in [1.82, 2.24) is 0 Å². The Labute approximate surface area is 309 Å². The Morgan fingerprint density at radius 3 is 1.61 bits per heavy atom. The van der Waals surface area contributed by atoms with Gasteiger partial charge in [-0.3, -0.25) is 0 Å². The van der Waals surface area contributed by atoms with Crippen LogP contribution in [0.4, 0.5) is 0 Å². The fraction of sp³-hybridized carbons (Fsp3) is 0.114. The zero-order valence-corrected chi connectivity index (χ0v) is 32.8. The van der Waals surface area contributed by atoms with Crippen LogP contribution in [0.1, 0.15) is 39.8 Å². The molecule has 0 unspecified atom stereocenters. The van der Waals surface area contributed by atoms with Crippen LogP contribution in [-0.2, 0) is 22.7 Å². The fourth-order valence-electron chi connectivity index (χ4n) is 6.10. The Hall–Kier alpha value is -3.69. The Morgan fingerprint density at radius 1 is 0.673 bits per heavy atom. The van der Waals surface area contributed by atoms with Crippen molar-refractivity contribution in [3.05, 3.63) is 181 Å². The molecule has 49 heavy (non-hydrogen) atoms. The summed E-state index contributed by atoms with van der Waals surface area (Å²) in [6, 6.07) is 42.0. The number of ether oxygens (including phenoxy) is 1. The molecular weight excluding hydrogens is 830 g/mol. The van der Waals surface area contributed by atoms with Crippen molar-refractivity contribution in [2.24, 2.45) is 0 Å². The molecule has 3 heterocycles. The molecule has 5 heteroatoms. The van der Waals surface area contributed by atoms with E-state index in [1.54, 1.807) is 22.7 Å². The predicted octanol–water partition coefficient (Wildman–Crippen LogP) is 11.1. The average Bonchev–Trinajstić information content (AvgIpc) is 3.92. The second kappa shape index (κ2) is 17.3. The van der Waals surface area contributed by atoms with Crippen LogP contribution in [0, 0.1) is 4.37 Å². The molecule has 2 aromatic heterocycles. The summed E-state index contributed by atoms with van der Waals surface area (Å²) in [7, 11) is -2.37. The van der Waals surface area contributed by atoms with E-state index >= 15 is 0 Å². The van der Waals surface area contributed by atoms with Crippen LogP contribution >= 0.6 is 29.9 Å². The van der Waals surface area contributed by atoms with E-state index < -0.39 is 7.26 Å². The monoisotopic (exact) mass is 870 g/mol. The molecule has 0 N–H and O–H groups in total. The summed E-state index contributed by atoms with van der Waals surface area (Å²) in [6.45, 7) is 5.52. The van der Waals surface area contributed by atoms with Gasteiger partial charge in [-0.15, -0.1) is 0 Å². The van der Waals surface area contributed by atoms with E-state index in [2.05, 4.69) is 182 Å². The van der Waals surface area contributed by atoms with Crippen LogP contribution in [0.15, 0.2) is 162 Å². The van der Waals surface area contributed by atoms with Crippen molar-refractivity contribution >= 4 is 70.2 Å². The first-order valence-electron chi connectivity index (χ1n) is 16.5. The first-order chi connectivity index (χ1) is 24.1. The van der Waals surface area contributed by atoms with Crippen molar-refractivity contribution in [1.29, 1.82) is 0 Å². The maximum absolute atomic E-state index is 6.02. The van der Waals surface area contributed by atoms with Crippen molar-refractivity contribution in [3.63, 3.8) is 0 Å². The molecule has 1 fully saturated rings. The molecule has 1 aliphatic rings. The van der Waals surface area contributed by atoms with Gasteiger partial charge in [0.25, 0.3) is 0 Å². The molecule has 245 valence electrons. The number of allylic oxidation sites excluding steroid dienone is 6. The summed E-state index contributed by atoms with van der Waals surface area (Å²) in [6.07, 6.45) is 18.9. The Morgan fingerprint density at radius 2 is 1.14 bits per heavy atom. The third kappa shape index (κ3) is 8.21. The number of benzene rings is 3.